The molecular formula is C16H18N2O4S. The molecule has 2 aromatic carbocycles. The molecule has 2 N–H and O–H groups in total. The van der Waals surface area contributed by atoms with Gasteiger partial charge in [-0.15, -0.1) is 0 Å². The summed E-state index contributed by atoms with van der Waals surface area (Å²) in [6.07, 6.45) is 0. The maximum absolute atomic E-state index is 12.1. The van der Waals surface area contributed by atoms with Gasteiger partial charge in [-0.1, -0.05) is 30.3 Å². The molecule has 2 rings (SSSR count). The van der Waals surface area contributed by atoms with Gasteiger partial charge in [0.05, 0.1) is 17.6 Å². The first-order valence-corrected chi connectivity index (χ1v) is 8.49. The van der Waals surface area contributed by atoms with Crippen molar-refractivity contribution in [3.63, 3.8) is 0 Å². The second kappa shape index (κ2) is 7.75. The van der Waals surface area contributed by atoms with Gasteiger partial charge in [0, 0.05) is 13.1 Å². The number of hydrogen-bond donors (Lipinski definition) is 2. The predicted octanol–water partition coefficient (Wildman–Crippen LogP) is 1.40. The van der Waals surface area contributed by atoms with Gasteiger partial charge in [0.2, 0.25) is 10.0 Å². The van der Waals surface area contributed by atoms with Crippen LogP contribution >= 0.6 is 0 Å². The molecule has 0 atom stereocenters. The van der Waals surface area contributed by atoms with Crippen molar-refractivity contribution >= 4 is 15.9 Å². The molecule has 122 valence electrons. The maximum atomic E-state index is 12.1. The second-order valence-corrected chi connectivity index (χ2v) is 6.43. The molecule has 23 heavy (non-hydrogen) atoms. The number of ether oxygens (including phenoxy) is 1. The van der Waals surface area contributed by atoms with E-state index in [9.17, 15) is 13.2 Å². The first kappa shape index (κ1) is 17.0. The van der Waals surface area contributed by atoms with Gasteiger partial charge in [0.25, 0.3) is 5.91 Å². The van der Waals surface area contributed by atoms with Crippen molar-refractivity contribution in [1.29, 1.82) is 0 Å². The van der Waals surface area contributed by atoms with Gasteiger partial charge in [-0.05, 0) is 24.3 Å². The number of benzene rings is 2. The lowest BCUT2D eigenvalue weighted by atomic mass is 10.2. The standard InChI is InChI=1S/C16H18N2O4S/c1-22-15-10-6-5-9-14(15)16(19)17-11-12-18-23(20,21)13-7-3-2-4-8-13/h2-10,18H,11-12H2,1H3,(H,17,19). The lowest BCUT2D eigenvalue weighted by Gasteiger charge is -2.10. The van der Waals surface area contributed by atoms with Gasteiger partial charge in [0.15, 0.2) is 0 Å². The van der Waals surface area contributed by atoms with E-state index in [1.165, 1.54) is 19.2 Å². The summed E-state index contributed by atoms with van der Waals surface area (Å²) in [4.78, 5) is 12.2. The van der Waals surface area contributed by atoms with E-state index < -0.39 is 10.0 Å². The van der Waals surface area contributed by atoms with Crippen LogP contribution in [0.4, 0.5) is 0 Å². The fourth-order valence-electron chi connectivity index (χ4n) is 1.97. The van der Waals surface area contributed by atoms with Crippen LogP contribution in [0, 0.1) is 0 Å². The van der Waals surface area contributed by atoms with E-state index in [0.717, 1.165) is 0 Å². The average Bonchev–Trinajstić information content (AvgIpc) is 2.59. The summed E-state index contributed by atoms with van der Waals surface area (Å²) in [5.74, 6) is 0.149. The minimum absolute atomic E-state index is 0.0954. The van der Waals surface area contributed by atoms with Gasteiger partial charge in [-0.3, -0.25) is 4.79 Å². The van der Waals surface area contributed by atoms with Crippen LogP contribution in [0.3, 0.4) is 0 Å². The van der Waals surface area contributed by atoms with Crippen LogP contribution in [-0.4, -0.2) is 34.5 Å². The third-order valence-corrected chi connectivity index (χ3v) is 4.58. The summed E-state index contributed by atoms with van der Waals surface area (Å²) in [6.45, 7) is 0.265. The molecule has 0 aliphatic rings. The minimum atomic E-state index is -3.56. The number of rotatable bonds is 7. The van der Waals surface area contributed by atoms with Crippen LogP contribution in [0.1, 0.15) is 10.4 Å². The summed E-state index contributed by atoms with van der Waals surface area (Å²) in [6, 6.07) is 14.9. The fourth-order valence-corrected chi connectivity index (χ4v) is 3.02. The van der Waals surface area contributed by atoms with Crippen LogP contribution in [0.5, 0.6) is 5.75 Å². The monoisotopic (exact) mass is 334 g/mol. The molecule has 0 saturated carbocycles. The molecule has 1 amide bonds. The molecule has 0 radical (unpaired) electrons. The van der Waals surface area contributed by atoms with Crippen LogP contribution in [0.25, 0.3) is 0 Å². The molecule has 0 aromatic heterocycles. The molecule has 0 unspecified atom stereocenters. The smallest absolute Gasteiger partial charge is 0.255 e. The zero-order valence-electron chi connectivity index (χ0n) is 12.7. The molecular weight excluding hydrogens is 316 g/mol. The zero-order chi connectivity index (χ0) is 16.7. The van der Waals surface area contributed by atoms with Crippen LogP contribution in [0.15, 0.2) is 59.5 Å². The van der Waals surface area contributed by atoms with E-state index in [0.29, 0.717) is 11.3 Å². The highest BCUT2D eigenvalue weighted by Gasteiger charge is 2.13. The lowest BCUT2D eigenvalue weighted by Crippen LogP contribution is -2.34. The molecule has 0 saturated heterocycles. The molecule has 0 aliphatic carbocycles. The van der Waals surface area contributed by atoms with E-state index in [1.54, 1.807) is 42.5 Å². The number of carbonyl (C=O) groups is 1. The number of methoxy groups -OCH3 is 1. The highest BCUT2D eigenvalue weighted by Crippen LogP contribution is 2.16. The Balaban J connectivity index is 1.87. The maximum Gasteiger partial charge on any atom is 0.255 e. The van der Waals surface area contributed by atoms with Crippen molar-refractivity contribution in [3.05, 3.63) is 60.2 Å². The second-order valence-electron chi connectivity index (χ2n) is 4.67. The number of hydrogen-bond acceptors (Lipinski definition) is 4. The predicted molar refractivity (Wildman–Crippen MR) is 87.0 cm³/mol. The van der Waals surface area contributed by atoms with Gasteiger partial charge in [-0.25, -0.2) is 13.1 Å². The summed E-state index contributed by atoms with van der Waals surface area (Å²) >= 11 is 0. The van der Waals surface area contributed by atoms with Gasteiger partial charge < -0.3 is 10.1 Å². The van der Waals surface area contributed by atoms with Crippen LogP contribution in [0.2, 0.25) is 0 Å². The summed E-state index contributed by atoms with van der Waals surface area (Å²) in [5.41, 5.74) is 0.404. The highest BCUT2D eigenvalue weighted by molar-refractivity contribution is 7.89. The minimum Gasteiger partial charge on any atom is -0.496 e. The largest absolute Gasteiger partial charge is 0.496 e. The number of carbonyl (C=O) groups excluding carboxylic acids is 1. The van der Waals surface area contributed by atoms with Crippen molar-refractivity contribution in [2.75, 3.05) is 20.2 Å². The summed E-state index contributed by atoms with van der Waals surface area (Å²) in [7, 11) is -2.08. The molecule has 0 fully saturated rings. The number of nitrogens with one attached hydrogen (secondary N) is 2. The molecule has 0 spiro atoms. The van der Waals surface area contributed by atoms with E-state index >= 15 is 0 Å². The Morgan fingerprint density at radius 3 is 2.35 bits per heavy atom. The van der Waals surface area contributed by atoms with Crippen LogP contribution in [-0.2, 0) is 10.0 Å². The molecule has 0 bridgehead atoms. The Bertz CT molecular complexity index is 761. The topological polar surface area (TPSA) is 84.5 Å². The van der Waals surface area contributed by atoms with Crippen molar-refractivity contribution in [2.45, 2.75) is 4.90 Å². The Morgan fingerprint density at radius 2 is 1.65 bits per heavy atom. The van der Waals surface area contributed by atoms with E-state index in [1.807, 2.05) is 0 Å². The molecule has 7 heteroatoms. The Hall–Kier alpha value is -2.38. The van der Waals surface area contributed by atoms with Gasteiger partial charge in [-0.2, -0.15) is 0 Å². The molecule has 0 heterocycles. The summed E-state index contributed by atoms with van der Waals surface area (Å²) < 4.78 is 31.6. The average molecular weight is 334 g/mol. The van der Waals surface area contributed by atoms with Gasteiger partial charge in [0.1, 0.15) is 5.75 Å². The molecule has 2 aromatic rings. The van der Waals surface area contributed by atoms with E-state index in [2.05, 4.69) is 10.0 Å². The lowest BCUT2D eigenvalue weighted by molar-refractivity contribution is 0.0951. The first-order valence-electron chi connectivity index (χ1n) is 7.00. The normalized spacial score (nSPS) is 11.0. The number of sulfonamides is 1. The SMILES string of the molecule is COc1ccccc1C(=O)NCCNS(=O)(=O)c1ccccc1. The Labute approximate surface area is 135 Å². The zero-order valence-corrected chi connectivity index (χ0v) is 13.5. The number of para-hydroxylation sites is 1. The number of amides is 1. The third-order valence-electron chi connectivity index (χ3n) is 3.11. The van der Waals surface area contributed by atoms with Crippen molar-refractivity contribution in [1.82, 2.24) is 10.0 Å². The Morgan fingerprint density at radius 1 is 1.00 bits per heavy atom. The van der Waals surface area contributed by atoms with Crippen LogP contribution < -0.4 is 14.8 Å². The van der Waals surface area contributed by atoms with Crippen molar-refractivity contribution in [2.24, 2.45) is 0 Å². The van der Waals surface area contributed by atoms with Crippen molar-refractivity contribution < 1.29 is 17.9 Å². The van der Waals surface area contributed by atoms with E-state index in [-0.39, 0.29) is 23.9 Å². The molecule has 0 aliphatic heterocycles. The fraction of sp³-hybridized carbons (Fsp3) is 0.188. The quantitative estimate of drug-likeness (QED) is 0.750. The Kier molecular flexibility index (Phi) is 5.72. The van der Waals surface area contributed by atoms with E-state index in [4.69, 9.17) is 4.74 Å². The summed E-state index contributed by atoms with van der Waals surface area (Å²) in [5, 5.41) is 2.65. The third kappa shape index (κ3) is 4.54. The molecule has 6 nitrogen and oxygen atoms in total. The highest BCUT2D eigenvalue weighted by atomic mass is 32.2. The van der Waals surface area contributed by atoms with Crippen molar-refractivity contribution in [3.8, 4) is 5.75 Å². The first-order chi connectivity index (χ1) is 11.0. The van der Waals surface area contributed by atoms with Gasteiger partial charge >= 0.3 is 0 Å².